The summed E-state index contributed by atoms with van der Waals surface area (Å²) in [5, 5.41) is 0. The molecule has 0 aromatic heterocycles. The van der Waals surface area contributed by atoms with Gasteiger partial charge in [0.25, 0.3) is 0 Å². The first-order valence-electron chi connectivity index (χ1n) is 11.8. The lowest BCUT2D eigenvalue weighted by Crippen LogP contribution is -2.34. The molecule has 3 atom stereocenters. The molecule has 1 aromatic rings. The molecule has 0 radical (unpaired) electrons. The van der Waals surface area contributed by atoms with Crippen LogP contribution in [0.2, 0.25) is 0 Å². The summed E-state index contributed by atoms with van der Waals surface area (Å²) in [6.07, 6.45) is 12.7. The Balaban J connectivity index is 1.41. The van der Waals surface area contributed by atoms with Crippen LogP contribution in [-0.2, 0) is 10.8 Å². The smallest absolute Gasteiger partial charge is 0.210 e. The van der Waals surface area contributed by atoms with E-state index >= 15 is 0 Å². The largest absolute Gasteiger partial charge is 0.251 e. The number of alkyl halides is 2. The van der Waals surface area contributed by atoms with Crippen LogP contribution in [0, 0.1) is 23.7 Å². The highest BCUT2D eigenvalue weighted by Gasteiger charge is 2.38. The highest BCUT2D eigenvalue weighted by atomic mass is 32.2. The number of hydrogen-bond donors (Lipinski definition) is 0. The van der Waals surface area contributed by atoms with Crippen LogP contribution >= 0.6 is 0 Å². The van der Waals surface area contributed by atoms with Crippen LogP contribution in [0.1, 0.15) is 84.0 Å². The lowest BCUT2D eigenvalue weighted by atomic mass is 9.68. The van der Waals surface area contributed by atoms with Crippen molar-refractivity contribution >= 4 is 10.8 Å². The molecule has 0 bridgehead atoms. The summed E-state index contributed by atoms with van der Waals surface area (Å²) < 4.78 is 41.8. The molecule has 1 unspecified atom stereocenters. The molecule has 0 N–H and O–H groups in total. The minimum atomic E-state index is -1.92. The van der Waals surface area contributed by atoms with Gasteiger partial charge in [-0.15, -0.1) is 0 Å². The minimum absolute atomic E-state index is 0.278. The lowest BCUT2D eigenvalue weighted by Gasteiger charge is -2.38. The van der Waals surface area contributed by atoms with E-state index < -0.39 is 22.5 Å². The maximum atomic E-state index is 14.8. The summed E-state index contributed by atoms with van der Waals surface area (Å²) in [6, 6.07) is 8.46. The van der Waals surface area contributed by atoms with Crippen molar-refractivity contribution in [2.75, 3.05) is 0 Å². The van der Waals surface area contributed by atoms with Gasteiger partial charge < -0.3 is 0 Å². The summed E-state index contributed by atoms with van der Waals surface area (Å²) in [7, 11) is -1.92. The lowest BCUT2D eigenvalue weighted by molar-refractivity contribution is 0.0857. The summed E-state index contributed by atoms with van der Waals surface area (Å²) in [5.41, 5.74) is -1.92. The Bertz CT molecular complexity index is 607. The van der Waals surface area contributed by atoms with Gasteiger partial charge in [0.1, 0.15) is 6.17 Å². The van der Waals surface area contributed by atoms with Crippen molar-refractivity contribution in [2.24, 2.45) is 23.7 Å². The van der Waals surface area contributed by atoms with Crippen molar-refractivity contribution in [3.05, 3.63) is 30.3 Å². The summed E-state index contributed by atoms with van der Waals surface area (Å²) in [6.45, 7) is 2.26. The molecule has 0 heterocycles. The molecule has 2 aliphatic rings. The highest BCUT2D eigenvalue weighted by Crippen LogP contribution is 2.44. The second kappa shape index (κ2) is 11.6. The van der Waals surface area contributed by atoms with Gasteiger partial charge in [0.2, 0.25) is 5.50 Å². The van der Waals surface area contributed by atoms with Gasteiger partial charge in [0, 0.05) is 4.90 Å². The Kier molecular flexibility index (Phi) is 9.14. The number of benzene rings is 1. The summed E-state index contributed by atoms with van der Waals surface area (Å²) in [4.78, 5) is 0.382. The van der Waals surface area contributed by atoms with Crippen molar-refractivity contribution < 1.29 is 13.0 Å². The Morgan fingerprint density at radius 1 is 0.897 bits per heavy atom. The Hall–Kier alpha value is -0.770. The molecule has 1 aromatic carbocycles. The van der Waals surface area contributed by atoms with E-state index in [4.69, 9.17) is 0 Å². The quantitative estimate of drug-likeness (QED) is 0.373. The first-order chi connectivity index (χ1) is 14.1. The highest BCUT2D eigenvalue weighted by molar-refractivity contribution is 7.85. The maximum Gasteiger partial charge on any atom is 0.210 e. The Morgan fingerprint density at radius 2 is 1.48 bits per heavy atom. The fourth-order valence-corrected chi connectivity index (χ4v) is 6.73. The molecule has 0 aliphatic heterocycles. The second-order valence-electron chi connectivity index (χ2n) is 9.36. The van der Waals surface area contributed by atoms with Crippen LogP contribution in [0.15, 0.2) is 35.2 Å². The van der Waals surface area contributed by atoms with Crippen LogP contribution < -0.4 is 0 Å². The van der Waals surface area contributed by atoms with Crippen molar-refractivity contribution in [1.29, 1.82) is 0 Å². The molecule has 2 saturated carbocycles. The molecular weight excluding hydrogens is 386 g/mol. The van der Waals surface area contributed by atoms with Gasteiger partial charge in [0.15, 0.2) is 0 Å². The van der Waals surface area contributed by atoms with E-state index in [2.05, 4.69) is 6.92 Å². The van der Waals surface area contributed by atoms with Gasteiger partial charge in [-0.2, -0.15) is 0 Å². The Labute approximate surface area is 178 Å². The van der Waals surface area contributed by atoms with E-state index in [0.717, 1.165) is 37.5 Å². The molecule has 3 rings (SSSR count). The number of unbranched alkanes of at least 4 members (excludes halogenated alkanes) is 2. The fourth-order valence-electron chi connectivity index (χ4n) is 5.58. The van der Waals surface area contributed by atoms with Gasteiger partial charge in [-0.25, -0.2) is 8.78 Å². The van der Waals surface area contributed by atoms with Crippen molar-refractivity contribution in [1.82, 2.24) is 0 Å². The fraction of sp³-hybridized carbons (Fsp3) is 0.760. The van der Waals surface area contributed by atoms with Crippen LogP contribution in [0.3, 0.4) is 0 Å². The molecule has 0 saturated heterocycles. The zero-order valence-electron chi connectivity index (χ0n) is 17.9. The van der Waals surface area contributed by atoms with Crippen molar-refractivity contribution in [3.63, 3.8) is 0 Å². The molecule has 2 fully saturated rings. The van der Waals surface area contributed by atoms with Crippen LogP contribution in [0.4, 0.5) is 8.78 Å². The molecule has 0 spiro atoms. The molecular formula is C25H38F2OS. The van der Waals surface area contributed by atoms with Gasteiger partial charge in [-0.3, -0.25) is 4.21 Å². The van der Waals surface area contributed by atoms with Crippen molar-refractivity contribution in [2.45, 2.75) is 101 Å². The van der Waals surface area contributed by atoms with Gasteiger partial charge in [-0.1, -0.05) is 63.6 Å². The first kappa shape index (κ1) is 22.9. The monoisotopic (exact) mass is 424 g/mol. The topological polar surface area (TPSA) is 17.1 Å². The zero-order valence-corrected chi connectivity index (χ0v) is 18.7. The van der Waals surface area contributed by atoms with Crippen LogP contribution in [-0.4, -0.2) is 15.9 Å². The van der Waals surface area contributed by atoms with E-state index in [1.807, 2.05) is 0 Å². The number of hydrogen-bond acceptors (Lipinski definition) is 1. The molecule has 164 valence electrons. The van der Waals surface area contributed by atoms with Crippen molar-refractivity contribution in [3.8, 4) is 0 Å². The predicted molar refractivity (Wildman–Crippen MR) is 118 cm³/mol. The average Bonchev–Trinajstić information content (AvgIpc) is 2.79. The maximum absolute atomic E-state index is 14.8. The van der Waals surface area contributed by atoms with E-state index in [1.165, 1.54) is 51.4 Å². The van der Waals surface area contributed by atoms with Gasteiger partial charge in [-0.05, 0) is 74.3 Å². The van der Waals surface area contributed by atoms with Gasteiger partial charge >= 0.3 is 0 Å². The molecule has 0 amide bonds. The summed E-state index contributed by atoms with van der Waals surface area (Å²) in [5.74, 6) is 2.12. The van der Waals surface area contributed by atoms with Crippen LogP contribution in [0.5, 0.6) is 0 Å². The minimum Gasteiger partial charge on any atom is -0.251 e. The summed E-state index contributed by atoms with van der Waals surface area (Å²) >= 11 is 0. The zero-order chi connectivity index (χ0) is 20.6. The normalized spacial score (nSPS) is 31.1. The number of rotatable bonds is 9. The molecule has 2 aliphatic carbocycles. The standard InChI is InChI=1S/C25H38F2OS/c1-2-3-5-8-19-11-13-20(14-12-19)21-15-17-22(18-16-21)24(26)25(27)29(28)23-9-6-4-7-10-23/h4,6-7,9-10,19-22,24-25H,2-3,5,8,11-18H2,1H3/t19?,20?,21?,22?,24-,25-,29?/m1/s1. The van der Waals surface area contributed by atoms with E-state index in [9.17, 15) is 13.0 Å². The van der Waals surface area contributed by atoms with Crippen LogP contribution in [0.25, 0.3) is 0 Å². The third-order valence-electron chi connectivity index (χ3n) is 7.47. The Morgan fingerprint density at radius 3 is 2.07 bits per heavy atom. The van der Waals surface area contributed by atoms with Gasteiger partial charge in [0.05, 0.1) is 10.8 Å². The predicted octanol–water partition coefficient (Wildman–Crippen LogP) is 7.62. The third kappa shape index (κ3) is 6.35. The average molecular weight is 425 g/mol. The SMILES string of the molecule is CCCCCC1CCC(C2CCC([C@@H](F)[C@H](F)S(=O)c3ccccc3)CC2)CC1. The third-order valence-corrected chi connectivity index (χ3v) is 8.88. The second-order valence-corrected chi connectivity index (χ2v) is 10.9. The van der Waals surface area contributed by atoms with E-state index in [-0.39, 0.29) is 5.92 Å². The number of halogens is 2. The van der Waals surface area contributed by atoms with E-state index in [1.54, 1.807) is 30.3 Å². The molecule has 29 heavy (non-hydrogen) atoms. The molecule has 1 nitrogen and oxygen atoms in total. The molecule has 4 heteroatoms. The first-order valence-corrected chi connectivity index (χ1v) is 13.0. The van der Waals surface area contributed by atoms with E-state index in [0.29, 0.717) is 10.8 Å².